The first-order valence-corrected chi connectivity index (χ1v) is 6.87. The molecule has 0 aliphatic heterocycles. The summed E-state index contributed by atoms with van der Waals surface area (Å²) in [5.74, 6) is -0.688. The topological polar surface area (TPSA) is 30.7 Å². The molecule has 0 aliphatic rings. The van der Waals surface area contributed by atoms with Crippen LogP contribution < -0.4 is 0 Å². The summed E-state index contributed by atoms with van der Waals surface area (Å²) in [5, 5.41) is 4.94. The highest BCUT2D eigenvalue weighted by atomic mass is 19.1. The summed E-state index contributed by atoms with van der Waals surface area (Å²) in [6.07, 6.45) is 1.14. The fourth-order valence-electron chi connectivity index (χ4n) is 2.08. The zero-order valence-corrected chi connectivity index (χ0v) is 12.3. The van der Waals surface area contributed by atoms with Gasteiger partial charge < -0.3 is 0 Å². The van der Waals surface area contributed by atoms with E-state index >= 15 is 0 Å². The van der Waals surface area contributed by atoms with Crippen molar-refractivity contribution in [3.8, 4) is 0 Å². The fraction of sp³-hybridized carbons (Fsp3) is 0.250. The van der Waals surface area contributed by atoms with E-state index in [-0.39, 0.29) is 12.4 Å². The molecule has 0 amide bonds. The summed E-state index contributed by atoms with van der Waals surface area (Å²) in [6.45, 7) is 6.05. The largest absolute Gasteiger partial charge is 0.242 e. The van der Waals surface area contributed by atoms with E-state index in [0.29, 0.717) is 22.3 Å². The standard InChI is InChI=1S/C14H11F2N3.C2H6/c1-9-12-6-11(15)7-17-14(12)19(18-9)8-10-4-2-3-5-13(10)16;1-2/h2-7H,8H2,1H3;1-2H3. The maximum atomic E-state index is 13.6. The molecule has 0 fully saturated rings. The molecular weight excluding hydrogens is 272 g/mol. The molecule has 2 heterocycles. The first-order valence-electron chi connectivity index (χ1n) is 6.87. The number of benzene rings is 1. The number of rotatable bonds is 2. The van der Waals surface area contributed by atoms with Crippen molar-refractivity contribution < 1.29 is 8.78 Å². The van der Waals surface area contributed by atoms with E-state index in [1.165, 1.54) is 12.1 Å². The Morgan fingerprint density at radius 3 is 2.57 bits per heavy atom. The molecule has 0 saturated carbocycles. The molecule has 1 aromatic carbocycles. The van der Waals surface area contributed by atoms with Crippen molar-refractivity contribution in [2.45, 2.75) is 27.3 Å². The van der Waals surface area contributed by atoms with Crippen LogP contribution >= 0.6 is 0 Å². The Morgan fingerprint density at radius 1 is 1.14 bits per heavy atom. The Morgan fingerprint density at radius 2 is 1.86 bits per heavy atom. The zero-order chi connectivity index (χ0) is 15.4. The molecule has 2 aromatic heterocycles. The van der Waals surface area contributed by atoms with Gasteiger partial charge in [-0.15, -0.1) is 0 Å². The highest BCUT2D eigenvalue weighted by Crippen LogP contribution is 2.18. The van der Waals surface area contributed by atoms with Crippen LogP contribution in [0.1, 0.15) is 25.1 Å². The number of aryl methyl sites for hydroxylation is 1. The minimum absolute atomic E-state index is 0.273. The monoisotopic (exact) mass is 289 g/mol. The minimum atomic E-state index is -0.402. The number of hydrogen-bond donors (Lipinski definition) is 0. The third-order valence-corrected chi connectivity index (χ3v) is 3.02. The van der Waals surface area contributed by atoms with Crippen LogP contribution in [-0.4, -0.2) is 14.8 Å². The highest BCUT2D eigenvalue weighted by molar-refractivity contribution is 5.78. The number of nitrogens with zero attached hydrogens (tertiary/aromatic N) is 3. The minimum Gasteiger partial charge on any atom is -0.242 e. The van der Waals surface area contributed by atoms with Crippen LogP contribution in [0.4, 0.5) is 8.78 Å². The SMILES string of the molecule is CC.Cc1nn(Cc2ccccc2F)c2ncc(F)cc12. The van der Waals surface area contributed by atoms with Gasteiger partial charge >= 0.3 is 0 Å². The molecule has 0 aliphatic carbocycles. The van der Waals surface area contributed by atoms with Crippen LogP contribution in [0.25, 0.3) is 11.0 Å². The third-order valence-electron chi connectivity index (χ3n) is 3.02. The molecule has 21 heavy (non-hydrogen) atoms. The Hall–Kier alpha value is -2.30. The lowest BCUT2D eigenvalue weighted by atomic mass is 10.2. The van der Waals surface area contributed by atoms with E-state index in [4.69, 9.17) is 0 Å². The van der Waals surface area contributed by atoms with Crippen LogP contribution in [0, 0.1) is 18.6 Å². The Labute approximate surface area is 122 Å². The molecule has 0 saturated heterocycles. The maximum absolute atomic E-state index is 13.6. The van der Waals surface area contributed by atoms with Crippen LogP contribution in [0.3, 0.4) is 0 Å². The zero-order valence-electron chi connectivity index (χ0n) is 12.3. The van der Waals surface area contributed by atoms with E-state index in [2.05, 4.69) is 10.1 Å². The quantitative estimate of drug-likeness (QED) is 0.711. The predicted octanol–water partition coefficient (Wildman–Crippen LogP) is 4.09. The van der Waals surface area contributed by atoms with Crippen molar-refractivity contribution >= 4 is 11.0 Å². The molecule has 0 radical (unpaired) electrons. The number of pyridine rings is 1. The number of aromatic nitrogens is 3. The van der Waals surface area contributed by atoms with Crippen LogP contribution in [0.15, 0.2) is 36.5 Å². The molecule has 5 heteroatoms. The average Bonchev–Trinajstić information content (AvgIpc) is 2.80. The van der Waals surface area contributed by atoms with E-state index in [9.17, 15) is 8.78 Å². The van der Waals surface area contributed by atoms with Gasteiger partial charge in [0.25, 0.3) is 0 Å². The second-order valence-electron chi connectivity index (χ2n) is 4.36. The van der Waals surface area contributed by atoms with Gasteiger partial charge in [-0.3, -0.25) is 0 Å². The van der Waals surface area contributed by atoms with E-state index in [1.807, 2.05) is 13.8 Å². The molecule has 110 valence electrons. The van der Waals surface area contributed by atoms with Gasteiger partial charge in [-0.05, 0) is 19.1 Å². The number of halogens is 2. The normalized spacial score (nSPS) is 10.3. The van der Waals surface area contributed by atoms with Gasteiger partial charge in [0.2, 0.25) is 0 Å². The summed E-state index contributed by atoms with van der Waals surface area (Å²) >= 11 is 0. The lowest BCUT2D eigenvalue weighted by Gasteiger charge is -2.04. The summed E-state index contributed by atoms with van der Waals surface area (Å²) in [6, 6.07) is 7.90. The molecule has 3 nitrogen and oxygen atoms in total. The maximum Gasteiger partial charge on any atom is 0.158 e. The summed E-state index contributed by atoms with van der Waals surface area (Å²) in [5.41, 5.74) is 1.76. The van der Waals surface area contributed by atoms with Crippen molar-refractivity contribution in [1.82, 2.24) is 14.8 Å². The van der Waals surface area contributed by atoms with Gasteiger partial charge in [-0.25, -0.2) is 18.4 Å². The Balaban J connectivity index is 0.000000774. The molecule has 3 rings (SSSR count). The number of fused-ring (bicyclic) bond motifs is 1. The number of hydrogen-bond acceptors (Lipinski definition) is 2. The summed E-state index contributed by atoms with van der Waals surface area (Å²) in [4.78, 5) is 4.03. The third kappa shape index (κ3) is 3.07. The molecule has 0 spiro atoms. The van der Waals surface area contributed by atoms with Crippen molar-refractivity contribution in [2.24, 2.45) is 0 Å². The molecule has 0 N–H and O–H groups in total. The Kier molecular flexibility index (Phi) is 4.62. The van der Waals surface area contributed by atoms with Gasteiger partial charge in [0.1, 0.15) is 11.6 Å². The van der Waals surface area contributed by atoms with E-state index < -0.39 is 5.82 Å². The molecule has 3 aromatic rings. The van der Waals surface area contributed by atoms with E-state index in [0.717, 1.165) is 6.20 Å². The molecule has 0 bridgehead atoms. The molecular formula is C16H17F2N3. The average molecular weight is 289 g/mol. The second kappa shape index (κ2) is 6.43. The lowest BCUT2D eigenvalue weighted by Crippen LogP contribution is -2.04. The second-order valence-corrected chi connectivity index (χ2v) is 4.36. The first-order chi connectivity index (χ1) is 10.1. The van der Waals surface area contributed by atoms with Crippen molar-refractivity contribution in [2.75, 3.05) is 0 Å². The summed E-state index contributed by atoms with van der Waals surface area (Å²) in [7, 11) is 0. The van der Waals surface area contributed by atoms with Crippen molar-refractivity contribution in [3.05, 3.63) is 59.4 Å². The predicted molar refractivity (Wildman–Crippen MR) is 79.1 cm³/mol. The van der Waals surface area contributed by atoms with Gasteiger partial charge in [-0.1, -0.05) is 32.0 Å². The lowest BCUT2D eigenvalue weighted by molar-refractivity contribution is 0.587. The highest BCUT2D eigenvalue weighted by Gasteiger charge is 2.11. The molecule has 0 atom stereocenters. The van der Waals surface area contributed by atoms with Crippen LogP contribution in [-0.2, 0) is 6.54 Å². The van der Waals surface area contributed by atoms with Crippen LogP contribution in [0.5, 0.6) is 0 Å². The van der Waals surface area contributed by atoms with Crippen molar-refractivity contribution in [1.29, 1.82) is 0 Å². The first kappa shape index (κ1) is 15.1. The smallest absolute Gasteiger partial charge is 0.158 e. The van der Waals surface area contributed by atoms with Gasteiger partial charge in [0, 0.05) is 10.9 Å². The Bertz CT molecular complexity index is 750. The summed E-state index contributed by atoms with van der Waals surface area (Å²) < 4.78 is 28.4. The van der Waals surface area contributed by atoms with Gasteiger partial charge in [0.15, 0.2) is 5.65 Å². The van der Waals surface area contributed by atoms with Crippen molar-refractivity contribution in [3.63, 3.8) is 0 Å². The van der Waals surface area contributed by atoms with Gasteiger partial charge in [0.05, 0.1) is 18.4 Å². The fourth-order valence-corrected chi connectivity index (χ4v) is 2.08. The van der Waals surface area contributed by atoms with Gasteiger partial charge in [-0.2, -0.15) is 5.10 Å². The van der Waals surface area contributed by atoms with E-state index in [1.54, 1.807) is 29.8 Å². The van der Waals surface area contributed by atoms with Crippen LogP contribution in [0.2, 0.25) is 0 Å². The molecule has 0 unspecified atom stereocenters.